The van der Waals surface area contributed by atoms with Gasteiger partial charge >= 0.3 is 5.97 Å². The molecule has 2 rings (SSSR count). The van der Waals surface area contributed by atoms with Gasteiger partial charge in [-0.05, 0) is 30.7 Å². The van der Waals surface area contributed by atoms with Crippen LogP contribution >= 0.6 is 11.3 Å². The van der Waals surface area contributed by atoms with Gasteiger partial charge in [0.2, 0.25) is 10.0 Å². The fraction of sp³-hybridized carbons (Fsp3) is 0.545. The third kappa shape index (κ3) is 2.43. The summed E-state index contributed by atoms with van der Waals surface area (Å²) in [5.74, 6) is -0.609. The summed E-state index contributed by atoms with van der Waals surface area (Å²) >= 11 is 1.09. The Morgan fingerprint density at radius 3 is 2.67 bits per heavy atom. The number of rotatable bonds is 4. The average Bonchev–Trinajstić information content (AvgIpc) is 2.65. The van der Waals surface area contributed by atoms with Gasteiger partial charge in [-0.25, -0.2) is 17.9 Å². The summed E-state index contributed by atoms with van der Waals surface area (Å²) in [4.78, 5) is 11.8. The third-order valence-corrected chi connectivity index (χ3v) is 5.90. The van der Waals surface area contributed by atoms with Gasteiger partial charge in [0.05, 0.1) is 7.11 Å². The number of carbonyl (C=O) groups is 1. The van der Waals surface area contributed by atoms with E-state index in [1.165, 1.54) is 7.11 Å². The van der Waals surface area contributed by atoms with Crippen molar-refractivity contribution in [2.45, 2.75) is 37.1 Å². The van der Waals surface area contributed by atoms with E-state index in [1.807, 2.05) is 0 Å². The zero-order valence-electron chi connectivity index (χ0n) is 10.2. The molecule has 0 saturated heterocycles. The van der Waals surface area contributed by atoms with Gasteiger partial charge in [-0.2, -0.15) is 0 Å². The topological polar surface area (TPSA) is 72.5 Å². The molecule has 1 heterocycles. The summed E-state index contributed by atoms with van der Waals surface area (Å²) in [5, 5.41) is 1.65. The Morgan fingerprint density at radius 2 is 2.17 bits per heavy atom. The van der Waals surface area contributed by atoms with Crippen LogP contribution in [0.2, 0.25) is 0 Å². The van der Waals surface area contributed by atoms with Crippen molar-refractivity contribution in [3.63, 3.8) is 0 Å². The Labute approximate surface area is 110 Å². The van der Waals surface area contributed by atoms with E-state index < -0.39 is 16.0 Å². The molecule has 1 aliphatic rings. The number of carbonyl (C=O) groups excluding carboxylic acids is 1. The summed E-state index contributed by atoms with van der Waals surface area (Å²) in [7, 11) is -2.39. The highest BCUT2D eigenvalue weighted by atomic mass is 32.2. The molecule has 0 amide bonds. The molecular weight excluding hydrogens is 274 g/mol. The van der Waals surface area contributed by atoms with Gasteiger partial charge in [0.1, 0.15) is 9.77 Å². The van der Waals surface area contributed by atoms with Crippen LogP contribution in [0.4, 0.5) is 0 Å². The standard InChI is InChI=1S/C11H15NO4S2/c1-7-6-17-9(11(13)16-2)10(7)18(14,15)12-8-4-3-5-8/h6,8,12H,3-5H2,1-2H3. The number of nitrogens with one attached hydrogen (secondary N) is 1. The molecule has 0 aromatic carbocycles. The van der Waals surface area contributed by atoms with Gasteiger partial charge in [0, 0.05) is 6.04 Å². The predicted octanol–water partition coefficient (Wildman–Crippen LogP) is 1.67. The largest absolute Gasteiger partial charge is 0.465 e. The maximum Gasteiger partial charge on any atom is 0.349 e. The van der Waals surface area contributed by atoms with E-state index in [-0.39, 0.29) is 15.8 Å². The Balaban J connectivity index is 2.36. The molecule has 1 N–H and O–H groups in total. The molecule has 100 valence electrons. The minimum absolute atomic E-state index is 0.000188. The highest BCUT2D eigenvalue weighted by Gasteiger charge is 2.31. The van der Waals surface area contributed by atoms with Gasteiger partial charge in [-0.1, -0.05) is 6.42 Å². The number of sulfonamides is 1. The van der Waals surface area contributed by atoms with Crippen molar-refractivity contribution in [3.05, 3.63) is 15.8 Å². The van der Waals surface area contributed by atoms with E-state index >= 15 is 0 Å². The minimum Gasteiger partial charge on any atom is -0.465 e. The third-order valence-electron chi connectivity index (χ3n) is 2.98. The molecule has 1 aliphatic carbocycles. The number of thiophene rings is 1. The van der Waals surface area contributed by atoms with Crippen LogP contribution in [0.3, 0.4) is 0 Å². The molecule has 0 unspecified atom stereocenters. The molecular formula is C11H15NO4S2. The van der Waals surface area contributed by atoms with Crippen molar-refractivity contribution in [1.29, 1.82) is 0 Å². The number of hydrogen-bond donors (Lipinski definition) is 1. The second-order valence-corrected chi connectivity index (χ2v) is 6.85. The van der Waals surface area contributed by atoms with Crippen molar-refractivity contribution >= 4 is 27.3 Å². The molecule has 5 nitrogen and oxygen atoms in total. The van der Waals surface area contributed by atoms with E-state index in [1.54, 1.807) is 12.3 Å². The molecule has 1 aromatic heterocycles. The van der Waals surface area contributed by atoms with Crippen molar-refractivity contribution in [1.82, 2.24) is 4.72 Å². The number of methoxy groups -OCH3 is 1. The first kappa shape index (κ1) is 13.5. The smallest absolute Gasteiger partial charge is 0.349 e. The molecule has 0 bridgehead atoms. The van der Waals surface area contributed by atoms with Crippen LogP contribution in [0, 0.1) is 6.92 Å². The van der Waals surface area contributed by atoms with Crippen LogP contribution < -0.4 is 4.72 Å². The zero-order valence-corrected chi connectivity index (χ0v) is 11.9. The molecule has 0 atom stereocenters. The van der Waals surface area contributed by atoms with Crippen LogP contribution in [0.5, 0.6) is 0 Å². The molecule has 1 aromatic rings. The Hall–Kier alpha value is -0.920. The van der Waals surface area contributed by atoms with Crippen LogP contribution in [0.1, 0.15) is 34.5 Å². The maximum absolute atomic E-state index is 12.2. The lowest BCUT2D eigenvalue weighted by molar-refractivity contribution is 0.0602. The van der Waals surface area contributed by atoms with Gasteiger partial charge in [0.15, 0.2) is 0 Å². The summed E-state index contributed by atoms with van der Waals surface area (Å²) in [6.07, 6.45) is 2.76. The zero-order chi connectivity index (χ0) is 13.3. The van der Waals surface area contributed by atoms with Crippen LogP contribution in [-0.4, -0.2) is 27.5 Å². The normalized spacial score (nSPS) is 16.3. The second kappa shape index (κ2) is 4.99. The van der Waals surface area contributed by atoms with Crippen molar-refractivity contribution in [2.75, 3.05) is 7.11 Å². The first-order valence-corrected chi connectivity index (χ1v) is 8.00. The highest BCUT2D eigenvalue weighted by molar-refractivity contribution is 7.89. The monoisotopic (exact) mass is 289 g/mol. The highest BCUT2D eigenvalue weighted by Crippen LogP contribution is 2.29. The van der Waals surface area contributed by atoms with Gasteiger partial charge in [-0.15, -0.1) is 11.3 Å². The van der Waals surface area contributed by atoms with Gasteiger partial charge in [-0.3, -0.25) is 0 Å². The Bertz CT molecular complexity index is 558. The average molecular weight is 289 g/mol. The minimum atomic E-state index is -3.63. The number of hydrogen-bond acceptors (Lipinski definition) is 5. The van der Waals surface area contributed by atoms with E-state index in [0.717, 1.165) is 30.6 Å². The quantitative estimate of drug-likeness (QED) is 0.856. The molecule has 0 spiro atoms. The Morgan fingerprint density at radius 1 is 1.50 bits per heavy atom. The van der Waals surface area contributed by atoms with E-state index in [2.05, 4.69) is 9.46 Å². The maximum atomic E-state index is 12.2. The van der Waals surface area contributed by atoms with Crippen LogP contribution in [0.25, 0.3) is 0 Å². The molecule has 1 fully saturated rings. The number of esters is 1. The number of aryl methyl sites for hydroxylation is 1. The lowest BCUT2D eigenvalue weighted by atomic mass is 9.94. The van der Waals surface area contributed by atoms with Crippen molar-refractivity contribution in [3.8, 4) is 0 Å². The first-order chi connectivity index (χ1) is 8.45. The summed E-state index contributed by atoms with van der Waals surface area (Å²) in [5.41, 5.74) is 0.576. The van der Waals surface area contributed by atoms with E-state index in [0.29, 0.717) is 5.56 Å². The second-order valence-electron chi connectivity index (χ2n) is 4.32. The predicted molar refractivity (Wildman–Crippen MR) is 68.4 cm³/mol. The molecule has 0 aliphatic heterocycles. The molecule has 18 heavy (non-hydrogen) atoms. The lowest BCUT2D eigenvalue weighted by Gasteiger charge is -2.26. The van der Waals surface area contributed by atoms with Crippen LogP contribution in [0.15, 0.2) is 10.3 Å². The first-order valence-electron chi connectivity index (χ1n) is 5.64. The van der Waals surface area contributed by atoms with E-state index in [4.69, 9.17) is 0 Å². The summed E-state index contributed by atoms with van der Waals surface area (Å²) in [6.45, 7) is 1.68. The summed E-state index contributed by atoms with van der Waals surface area (Å²) < 4.78 is 31.7. The van der Waals surface area contributed by atoms with Gasteiger partial charge in [0.25, 0.3) is 0 Å². The molecule has 7 heteroatoms. The van der Waals surface area contributed by atoms with Crippen molar-refractivity contribution < 1.29 is 17.9 Å². The lowest BCUT2D eigenvalue weighted by Crippen LogP contribution is -2.39. The van der Waals surface area contributed by atoms with Crippen LogP contribution in [-0.2, 0) is 14.8 Å². The fourth-order valence-corrected chi connectivity index (χ4v) is 4.82. The number of ether oxygens (including phenoxy) is 1. The van der Waals surface area contributed by atoms with E-state index in [9.17, 15) is 13.2 Å². The summed E-state index contributed by atoms with van der Waals surface area (Å²) in [6, 6.07) is -0.000188. The SMILES string of the molecule is COC(=O)c1scc(C)c1S(=O)(=O)NC1CCC1. The fourth-order valence-electron chi connectivity index (χ4n) is 1.81. The van der Waals surface area contributed by atoms with Crippen molar-refractivity contribution in [2.24, 2.45) is 0 Å². The molecule has 1 saturated carbocycles. The molecule has 0 radical (unpaired) electrons. The Kier molecular flexibility index (Phi) is 3.74. The van der Waals surface area contributed by atoms with Gasteiger partial charge < -0.3 is 4.74 Å².